The first-order valence-corrected chi connectivity index (χ1v) is 16.0. The first kappa shape index (κ1) is 38.9. The fraction of sp³-hybridized carbons (Fsp3) is 0.167. The van der Waals surface area contributed by atoms with Crippen molar-refractivity contribution >= 4 is 30.0 Å². The predicted molar refractivity (Wildman–Crippen MR) is 182 cm³/mol. The molecule has 0 amide bonds. The lowest BCUT2D eigenvalue weighted by Gasteiger charge is -2.42. The van der Waals surface area contributed by atoms with Crippen molar-refractivity contribution in [1.82, 2.24) is 0 Å². The highest BCUT2D eigenvalue weighted by molar-refractivity contribution is 6.08. The summed E-state index contributed by atoms with van der Waals surface area (Å²) in [6.07, 6.45) is -8.86. The van der Waals surface area contributed by atoms with E-state index in [0.29, 0.717) is 24.3 Å². The van der Waals surface area contributed by atoms with Gasteiger partial charge in [0.15, 0.2) is 70.1 Å². The number of hydrogen-bond donors (Lipinski definition) is 12. The maximum absolute atomic E-state index is 14.0. The molecule has 0 spiro atoms. The maximum Gasteiger partial charge on any atom is 0.339 e. The van der Waals surface area contributed by atoms with E-state index in [1.165, 1.54) is 6.07 Å². The van der Waals surface area contributed by atoms with Crippen molar-refractivity contribution in [2.24, 2.45) is 0 Å². The van der Waals surface area contributed by atoms with Crippen LogP contribution in [0.5, 0.6) is 63.2 Å². The standard InChI is InChI=1S/C36H28O21/c37-15-3-1-11(5-16(15)38)2-4-22(43)55-36-30(49)32(57-33(50)12-6-17(39)25(44)18(40)7-12)31-21(54-36)10-53-34(51)13-8-19(41)26(45)28(47)23(13)24-14(35(52)56-31)9-20(42)27(46)29(24)48/h1-9,21,30-32,36-42,44-49H,10H2/b4-2+/t21-,30-,31-,32-,36+/m1/s1. The van der Waals surface area contributed by atoms with E-state index >= 15 is 0 Å². The van der Waals surface area contributed by atoms with E-state index in [1.807, 2.05) is 0 Å². The molecular weight excluding hydrogens is 768 g/mol. The van der Waals surface area contributed by atoms with E-state index in [-0.39, 0.29) is 5.56 Å². The minimum Gasteiger partial charge on any atom is -0.504 e. The molecule has 0 radical (unpaired) electrons. The third kappa shape index (κ3) is 7.25. The summed E-state index contributed by atoms with van der Waals surface area (Å²) in [5, 5.41) is 123. The minimum atomic E-state index is -2.32. The Balaban J connectivity index is 1.45. The molecule has 2 aliphatic rings. The van der Waals surface area contributed by atoms with E-state index in [4.69, 9.17) is 23.7 Å². The average Bonchev–Trinajstić information content (AvgIpc) is 3.18. The van der Waals surface area contributed by atoms with Crippen LogP contribution in [0, 0.1) is 0 Å². The molecule has 21 nitrogen and oxygen atoms in total. The van der Waals surface area contributed by atoms with Crippen molar-refractivity contribution in [1.29, 1.82) is 0 Å². The minimum absolute atomic E-state index is 0.179. The Hall–Kier alpha value is -7.78. The highest BCUT2D eigenvalue weighted by Crippen LogP contribution is 2.53. The van der Waals surface area contributed by atoms with Gasteiger partial charge in [0.1, 0.15) is 12.7 Å². The van der Waals surface area contributed by atoms with Crippen molar-refractivity contribution < 1.29 is 104 Å². The first-order chi connectivity index (χ1) is 26.9. The molecule has 1 saturated heterocycles. The average molecular weight is 797 g/mol. The second-order valence-electron chi connectivity index (χ2n) is 12.3. The Morgan fingerprint density at radius 2 is 1.21 bits per heavy atom. The molecule has 0 saturated carbocycles. The van der Waals surface area contributed by atoms with Gasteiger partial charge in [0, 0.05) is 17.2 Å². The molecule has 21 heteroatoms. The number of fused-ring (bicyclic) bond motifs is 4. The molecule has 12 N–H and O–H groups in total. The predicted octanol–water partition coefficient (Wildman–Crippen LogP) is 1.38. The molecule has 0 aliphatic carbocycles. The van der Waals surface area contributed by atoms with Crippen LogP contribution in [0.1, 0.15) is 36.6 Å². The topological polar surface area (TPSA) is 357 Å². The van der Waals surface area contributed by atoms with Gasteiger partial charge < -0.3 is 85.0 Å². The summed E-state index contributed by atoms with van der Waals surface area (Å²) in [7, 11) is 0. The second kappa shape index (κ2) is 14.8. The van der Waals surface area contributed by atoms with E-state index in [0.717, 1.165) is 24.3 Å². The molecule has 5 atom stereocenters. The molecule has 0 bridgehead atoms. The smallest absolute Gasteiger partial charge is 0.339 e. The van der Waals surface area contributed by atoms with Crippen molar-refractivity contribution in [3.05, 3.63) is 70.8 Å². The molecule has 4 aromatic carbocycles. The van der Waals surface area contributed by atoms with Crippen LogP contribution in [0.15, 0.2) is 48.5 Å². The molecule has 0 unspecified atom stereocenters. The molecule has 2 aliphatic heterocycles. The number of phenolic OH excluding ortho intramolecular Hbond substituents is 11. The normalized spacial score (nSPS) is 20.5. The molecule has 4 aromatic rings. The maximum atomic E-state index is 14.0. The molecule has 2 heterocycles. The van der Waals surface area contributed by atoms with Crippen molar-refractivity contribution in [3.8, 4) is 74.4 Å². The number of aromatic hydroxyl groups is 11. The van der Waals surface area contributed by atoms with Crippen molar-refractivity contribution in [2.75, 3.05) is 6.61 Å². The molecule has 6 rings (SSSR count). The monoisotopic (exact) mass is 796 g/mol. The third-order valence-electron chi connectivity index (χ3n) is 8.63. The van der Waals surface area contributed by atoms with Gasteiger partial charge in [0.2, 0.25) is 17.8 Å². The van der Waals surface area contributed by atoms with Gasteiger partial charge in [-0.15, -0.1) is 0 Å². The molecule has 298 valence electrons. The van der Waals surface area contributed by atoms with Crippen LogP contribution in [0.2, 0.25) is 0 Å². The number of rotatable bonds is 5. The highest BCUT2D eigenvalue weighted by Gasteiger charge is 2.52. The van der Waals surface area contributed by atoms with Crippen LogP contribution in [-0.4, -0.2) is 122 Å². The number of carbonyl (C=O) groups is 4. The number of hydrogen-bond acceptors (Lipinski definition) is 21. The molecule has 57 heavy (non-hydrogen) atoms. The van der Waals surface area contributed by atoms with Crippen molar-refractivity contribution in [2.45, 2.75) is 30.7 Å². The zero-order valence-electron chi connectivity index (χ0n) is 28.3. The Bertz CT molecular complexity index is 2340. The van der Waals surface area contributed by atoms with E-state index in [2.05, 4.69) is 0 Å². The van der Waals surface area contributed by atoms with Gasteiger partial charge in [-0.1, -0.05) is 6.07 Å². The summed E-state index contributed by atoms with van der Waals surface area (Å²) in [6, 6.07) is 5.80. The van der Waals surface area contributed by atoms with Crippen LogP contribution < -0.4 is 0 Å². The number of carbonyl (C=O) groups excluding carboxylic acids is 4. The first-order valence-electron chi connectivity index (χ1n) is 16.0. The molecular formula is C36H28O21. The van der Waals surface area contributed by atoms with Crippen LogP contribution >= 0.6 is 0 Å². The lowest BCUT2D eigenvalue weighted by atomic mass is 9.92. The number of benzene rings is 4. The number of aliphatic hydroxyl groups excluding tert-OH is 1. The van der Waals surface area contributed by atoms with Crippen LogP contribution in [0.3, 0.4) is 0 Å². The van der Waals surface area contributed by atoms with Gasteiger partial charge in [-0.3, -0.25) is 0 Å². The number of esters is 4. The number of ether oxygens (including phenoxy) is 5. The molecule has 1 fully saturated rings. The van der Waals surface area contributed by atoms with Gasteiger partial charge in [0.05, 0.1) is 16.7 Å². The zero-order valence-corrected chi connectivity index (χ0v) is 28.3. The van der Waals surface area contributed by atoms with Gasteiger partial charge in [-0.25, -0.2) is 19.2 Å². The Kier molecular flexibility index (Phi) is 10.1. The third-order valence-corrected chi connectivity index (χ3v) is 8.63. The zero-order chi connectivity index (χ0) is 41.6. The van der Waals surface area contributed by atoms with E-state index in [9.17, 15) is 80.5 Å². The van der Waals surface area contributed by atoms with E-state index < -0.39 is 152 Å². The van der Waals surface area contributed by atoms with Crippen LogP contribution in [-0.2, 0) is 28.5 Å². The highest BCUT2D eigenvalue weighted by atomic mass is 16.7. The van der Waals surface area contributed by atoms with Gasteiger partial charge in [0.25, 0.3) is 0 Å². The number of aliphatic hydroxyl groups is 1. The summed E-state index contributed by atoms with van der Waals surface area (Å²) in [6.45, 7) is -1.06. The lowest BCUT2D eigenvalue weighted by Crippen LogP contribution is -2.62. The Morgan fingerprint density at radius 3 is 1.79 bits per heavy atom. The Morgan fingerprint density at radius 1 is 0.649 bits per heavy atom. The Labute approximate surface area is 316 Å². The summed E-state index contributed by atoms with van der Waals surface area (Å²) in [5.41, 5.74) is -4.23. The summed E-state index contributed by atoms with van der Waals surface area (Å²) in [4.78, 5) is 53.9. The quantitative estimate of drug-likeness (QED) is 0.0587. The van der Waals surface area contributed by atoms with Gasteiger partial charge in [-0.2, -0.15) is 0 Å². The fourth-order valence-corrected chi connectivity index (χ4v) is 5.82. The summed E-state index contributed by atoms with van der Waals surface area (Å²) in [5.74, 6) is -17.5. The molecule has 0 aromatic heterocycles. The van der Waals surface area contributed by atoms with Gasteiger partial charge >= 0.3 is 23.9 Å². The summed E-state index contributed by atoms with van der Waals surface area (Å²) >= 11 is 0. The second-order valence-corrected chi connectivity index (χ2v) is 12.3. The lowest BCUT2D eigenvalue weighted by molar-refractivity contribution is -0.289. The fourth-order valence-electron chi connectivity index (χ4n) is 5.82. The van der Waals surface area contributed by atoms with Crippen LogP contribution in [0.25, 0.3) is 17.2 Å². The van der Waals surface area contributed by atoms with E-state index in [1.54, 1.807) is 0 Å². The summed E-state index contributed by atoms with van der Waals surface area (Å²) < 4.78 is 27.2. The van der Waals surface area contributed by atoms with Gasteiger partial charge in [-0.05, 0) is 48.0 Å². The van der Waals surface area contributed by atoms with Crippen LogP contribution in [0.4, 0.5) is 0 Å². The SMILES string of the molecule is O=C(/C=C/c1ccc(O)c(O)c1)O[C@@H]1O[C@@H]2COC(=O)c3cc(O)c(O)c(O)c3-c3c(cc(O)c(O)c3O)C(=O)O[C@H]2[C@H](OC(=O)c2cc(O)c(O)c(O)c2)[C@H]1O. The number of phenols is 11. The largest absolute Gasteiger partial charge is 0.504 e. The number of cyclic esters (lactones) is 1. The van der Waals surface area contributed by atoms with Crippen molar-refractivity contribution in [3.63, 3.8) is 0 Å².